The number of carbonyl (C=O) groups is 2. The third kappa shape index (κ3) is 5.93. The Bertz CT molecular complexity index is 1290. The van der Waals surface area contributed by atoms with Crippen LogP contribution in [0.3, 0.4) is 0 Å². The Hall–Kier alpha value is -3.87. The third-order valence-electron chi connectivity index (χ3n) is 5.90. The lowest BCUT2D eigenvalue weighted by atomic mass is 10.1. The van der Waals surface area contributed by atoms with Crippen LogP contribution in [0.5, 0.6) is 11.5 Å². The van der Waals surface area contributed by atoms with E-state index in [0.717, 1.165) is 11.9 Å². The van der Waals surface area contributed by atoms with Gasteiger partial charge in [0.1, 0.15) is 5.82 Å². The van der Waals surface area contributed by atoms with Crippen molar-refractivity contribution in [3.63, 3.8) is 0 Å². The van der Waals surface area contributed by atoms with E-state index in [1.807, 2.05) is 4.90 Å². The fourth-order valence-corrected chi connectivity index (χ4v) is 4.44. The molecule has 0 unspecified atom stereocenters. The predicted molar refractivity (Wildman–Crippen MR) is 140 cm³/mol. The zero-order valence-electron chi connectivity index (χ0n) is 21.0. The minimum Gasteiger partial charge on any atom is -0.493 e. The van der Waals surface area contributed by atoms with Gasteiger partial charge in [-0.05, 0) is 32.0 Å². The Morgan fingerprint density at radius 3 is 2.46 bits per heavy atom. The number of anilines is 2. The molecule has 3 heterocycles. The molecule has 1 aliphatic heterocycles. The zero-order valence-corrected chi connectivity index (χ0v) is 21.8. The van der Waals surface area contributed by atoms with Gasteiger partial charge in [-0.2, -0.15) is 4.98 Å². The molecule has 0 radical (unpaired) electrons. The lowest BCUT2D eigenvalue weighted by molar-refractivity contribution is -0.116. The summed E-state index contributed by atoms with van der Waals surface area (Å²) in [5.41, 5.74) is 0.551. The first-order valence-corrected chi connectivity index (χ1v) is 12.3. The molecule has 4 rings (SSSR count). The van der Waals surface area contributed by atoms with E-state index in [0.29, 0.717) is 66.1 Å². The topological polar surface area (TPSA) is 139 Å². The summed E-state index contributed by atoms with van der Waals surface area (Å²) in [6, 6.07) is 6.76. The van der Waals surface area contributed by atoms with Crippen LogP contribution in [0.2, 0.25) is 0 Å². The fraction of sp³-hybridized carbons (Fsp3) is 0.417. The molecule has 0 aliphatic carbocycles. The van der Waals surface area contributed by atoms with E-state index in [9.17, 15) is 14.5 Å². The quantitative estimate of drug-likeness (QED) is 0.323. The molecule has 0 bridgehead atoms. The van der Waals surface area contributed by atoms with Crippen LogP contribution in [0.15, 0.2) is 39.5 Å². The number of furan rings is 1. The highest BCUT2D eigenvalue weighted by Crippen LogP contribution is 2.36. The zero-order chi connectivity index (χ0) is 26.6. The maximum Gasteiger partial charge on any atom is 0.289 e. The van der Waals surface area contributed by atoms with Crippen molar-refractivity contribution >= 4 is 46.4 Å². The molecular formula is C24H28N6O6S. The number of aromatic nitrogens is 2. The number of hydrogen-bond acceptors (Lipinski definition) is 11. The summed E-state index contributed by atoms with van der Waals surface area (Å²) in [6.07, 6.45) is 1.52. The Balaban J connectivity index is 1.62. The summed E-state index contributed by atoms with van der Waals surface area (Å²) in [5, 5.41) is 3.44. The molecule has 1 aliphatic rings. The summed E-state index contributed by atoms with van der Waals surface area (Å²) in [4.78, 5) is 49.3. The Morgan fingerprint density at radius 2 is 1.84 bits per heavy atom. The first kappa shape index (κ1) is 26.2. The van der Waals surface area contributed by atoms with Gasteiger partial charge in [-0.25, -0.2) is 4.98 Å². The molecule has 2 amide bonds. The average molecular weight is 529 g/mol. The van der Waals surface area contributed by atoms with Crippen LogP contribution >= 0.6 is 11.9 Å². The number of rotatable bonds is 9. The lowest BCUT2D eigenvalue weighted by Gasteiger charge is -2.34. The van der Waals surface area contributed by atoms with Crippen LogP contribution in [-0.2, 0) is 4.79 Å². The van der Waals surface area contributed by atoms with Gasteiger partial charge in [0.25, 0.3) is 5.91 Å². The van der Waals surface area contributed by atoms with E-state index in [1.165, 1.54) is 20.5 Å². The van der Waals surface area contributed by atoms with E-state index in [2.05, 4.69) is 14.9 Å². The number of methoxy groups -OCH3 is 2. The van der Waals surface area contributed by atoms with Gasteiger partial charge in [-0.3, -0.25) is 9.59 Å². The van der Waals surface area contributed by atoms with Gasteiger partial charge >= 0.3 is 0 Å². The van der Waals surface area contributed by atoms with Gasteiger partial charge in [0.15, 0.2) is 17.3 Å². The van der Waals surface area contributed by atoms with E-state index in [4.69, 9.17) is 18.9 Å². The monoisotopic (exact) mass is 528 g/mol. The lowest BCUT2D eigenvalue weighted by Crippen LogP contribution is -2.49. The van der Waals surface area contributed by atoms with Gasteiger partial charge in [-0.1, -0.05) is 0 Å². The minimum atomic E-state index is -0.685. The molecule has 13 heteroatoms. The van der Waals surface area contributed by atoms with Crippen molar-refractivity contribution in [3.05, 3.63) is 41.2 Å². The van der Waals surface area contributed by atoms with Crippen LogP contribution in [0.1, 0.15) is 30.8 Å². The van der Waals surface area contributed by atoms with Crippen molar-refractivity contribution in [2.45, 2.75) is 25.0 Å². The SMILES string of the molecule is COc1cc2nc(N3CCN(C(=O)c4ccco4)CC3)nc(NC(=O)CC(C)(C)SN=O)c2cc1OC. The molecule has 2 aromatic heterocycles. The van der Waals surface area contributed by atoms with E-state index >= 15 is 0 Å². The Morgan fingerprint density at radius 1 is 1.14 bits per heavy atom. The smallest absolute Gasteiger partial charge is 0.289 e. The molecule has 37 heavy (non-hydrogen) atoms. The standard InChI is InChI=1S/C24H28N6O6S/c1-24(2,37-28-33)14-20(31)26-21-15-12-18(34-3)19(35-4)13-16(15)25-23(27-21)30-9-7-29(8-10-30)22(32)17-6-5-11-36-17/h5-6,11-13H,7-10,14H2,1-4H3,(H,25,26,27,31). The molecule has 1 fully saturated rings. The molecule has 12 nitrogen and oxygen atoms in total. The average Bonchev–Trinajstić information content (AvgIpc) is 3.42. The van der Waals surface area contributed by atoms with Gasteiger partial charge < -0.3 is 29.0 Å². The van der Waals surface area contributed by atoms with Gasteiger partial charge in [0.05, 0.1) is 26.0 Å². The van der Waals surface area contributed by atoms with Crippen molar-refractivity contribution in [3.8, 4) is 11.5 Å². The van der Waals surface area contributed by atoms with Crippen molar-refractivity contribution < 1.29 is 23.5 Å². The maximum absolute atomic E-state index is 12.9. The number of fused-ring (bicyclic) bond motifs is 1. The largest absolute Gasteiger partial charge is 0.493 e. The van der Waals surface area contributed by atoms with Crippen molar-refractivity contribution in [1.82, 2.24) is 14.9 Å². The first-order valence-electron chi connectivity index (χ1n) is 11.6. The molecule has 1 N–H and O–H groups in total. The first-order chi connectivity index (χ1) is 17.7. The summed E-state index contributed by atoms with van der Waals surface area (Å²) in [5.74, 6) is 1.47. The van der Waals surface area contributed by atoms with Crippen LogP contribution < -0.4 is 19.7 Å². The van der Waals surface area contributed by atoms with Gasteiger partial charge in [-0.15, -0.1) is 4.91 Å². The summed E-state index contributed by atoms with van der Waals surface area (Å²) in [7, 11) is 3.05. The molecule has 0 saturated carbocycles. The second kappa shape index (κ2) is 11.0. The van der Waals surface area contributed by atoms with E-state index < -0.39 is 4.75 Å². The highest BCUT2D eigenvalue weighted by molar-refractivity contribution is 7.99. The third-order valence-corrected chi connectivity index (χ3v) is 6.61. The van der Waals surface area contributed by atoms with Crippen molar-refractivity contribution in [1.29, 1.82) is 0 Å². The number of carbonyl (C=O) groups excluding carboxylic acids is 2. The number of hydrogen-bond donors (Lipinski definition) is 1. The van der Waals surface area contributed by atoms with E-state index in [-0.39, 0.29) is 18.2 Å². The number of nitrogens with zero attached hydrogens (tertiary/aromatic N) is 5. The van der Waals surface area contributed by atoms with E-state index in [1.54, 1.807) is 43.0 Å². The summed E-state index contributed by atoms with van der Waals surface area (Å²) >= 11 is 0.807. The number of nitroso groups, excluding NO2 is 1. The second-order valence-electron chi connectivity index (χ2n) is 9.00. The number of nitrogens with one attached hydrogen (secondary N) is 1. The number of amides is 2. The minimum absolute atomic E-state index is 0.0467. The molecule has 196 valence electrons. The van der Waals surface area contributed by atoms with Crippen LogP contribution in [-0.4, -0.2) is 71.8 Å². The highest BCUT2D eigenvalue weighted by atomic mass is 32.2. The number of ether oxygens (including phenoxy) is 2. The molecule has 0 spiro atoms. The molecule has 1 aromatic carbocycles. The Labute approximate surface area is 217 Å². The Kier molecular flexibility index (Phi) is 7.81. The summed E-state index contributed by atoms with van der Waals surface area (Å²) < 4.78 is 18.3. The molecule has 3 aromatic rings. The summed E-state index contributed by atoms with van der Waals surface area (Å²) in [6.45, 7) is 5.43. The fourth-order valence-electron chi connectivity index (χ4n) is 4.04. The molecular weight excluding hydrogens is 500 g/mol. The van der Waals surface area contributed by atoms with Crippen LogP contribution in [0, 0.1) is 4.91 Å². The maximum atomic E-state index is 12.9. The number of piperazine rings is 1. The predicted octanol–water partition coefficient (Wildman–Crippen LogP) is 3.72. The van der Waals surface area contributed by atoms with Crippen molar-refractivity contribution in [2.24, 2.45) is 4.58 Å². The van der Waals surface area contributed by atoms with Crippen LogP contribution in [0.25, 0.3) is 10.9 Å². The highest BCUT2D eigenvalue weighted by Gasteiger charge is 2.28. The van der Waals surface area contributed by atoms with Gasteiger partial charge in [0, 0.05) is 65.3 Å². The molecule has 0 atom stereocenters. The van der Waals surface area contributed by atoms with Crippen LogP contribution in [0.4, 0.5) is 11.8 Å². The second-order valence-corrected chi connectivity index (χ2v) is 10.4. The van der Waals surface area contributed by atoms with Gasteiger partial charge in [0.2, 0.25) is 11.9 Å². The molecule has 1 saturated heterocycles. The normalized spacial score (nSPS) is 13.9. The van der Waals surface area contributed by atoms with Crippen molar-refractivity contribution in [2.75, 3.05) is 50.6 Å². The number of benzene rings is 1.